The SMILES string of the molecule is CCCC[N+](C)(C)CCCOC(=O)NCCC[Si](OCC)(OCC)OCC. The normalized spacial score (nSPS) is 12.2. The fraction of sp³-hybridized carbons (Fsp3) is 0.947. The van der Waals surface area contributed by atoms with Crippen molar-refractivity contribution in [2.75, 3.05) is 60.2 Å². The van der Waals surface area contributed by atoms with Gasteiger partial charge >= 0.3 is 14.9 Å². The minimum absolute atomic E-state index is 0.356. The molecule has 8 heteroatoms. The number of quaternary nitrogens is 1. The summed E-state index contributed by atoms with van der Waals surface area (Å²) in [6, 6.07) is 0.686. The summed E-state index contributed by atoms with van der Waals surface area (Å²) < 4.78 is 23.7. The Morgan fingerprint density at radius 2 is 1.44 bits per heavy atom. The first-order chi connectivity index (χ1) is 12.8. The van der Waals surface area contributed by atoms with Gasteiger partial charge in [-0.3, -0.25) is 0 Å². The van der Waals surface area contributed by atoms with Crippen LogP contribution in [0.4, 0.5) is 4.79 Å². The van der Waals surface area contributed by atoms with Crippen LogP contribution < -0.4 is 5.32 Å². The van der Waals surface area contributed by atoms with Crippen molar-refractivity contribution in [1.29, 1.82) is 0 Å². The van der Waals surface area contributed by atoms with Crippen molar-refractivity contribution >= 4 is 14.9 Å². The smallest absolute Gasteiger partial charge is 0.449 e. The summed E-state index contributed by atoms with van der Waals surface area (Å²) in [5.74, 6) is 0. The number of nitrogens with zero attached hydrogens (tertiary/aromatic N) is 1. The van der Waals surface area contributed by atoms with E-state index in [1.165, 1.54) is 12.8 Å². The van der Waals surface area contributed by atoms with Gasteiger partial charge in [0.25, 0.3) is 0 Å². The zero-order chi connectivity index (χ0) is 20.6. The Bertz CT molecular complexity index is 366. The lowest BCUT2D eigenvalue weighted by atomic mass is 10.3. The van der Waals surface area contributed by atoms with Crippen LogP contribution in [0, 0.1) is 0 Å². The van der Waals surface area contributed by atoms with E-state index in [-0.39, 0.29) is 6.09 Å². The van der Waals surface area contributed by atoms with Crippen LogP contribution in [-0.4, -0.2) is 79.5 Å². The van der Waals surface area contributed by atoms with E-state index in [9.17, 15) is 4.79 Å². The minimum atomic E-state index is -2.63. The molecule has 0 heterocycles. The molecule has 0 aliphatic heterocycles. The molecule has 162 valence electrons. The standard InChI is InChI=1S/C19H42N2O5Si/c1-7-11-15-21(5,6)16-13-17-23-19(22)20-14-12-18-27(24-8-2,25-9-3)26-10-4/h7-18H2,1-6H3/p+1. The third-order valence-corrected chi connectivity index (χ3v) is 7.43. The summed E-state index contributed by atoms with van der Waals surface area (Å²) >= 11 is 0. The summed E-state index contributed by atoms with van der Waals surface area (Å²) in [7, 11) is 1.82. The summed E-state index contributed by atoms with van der Waals surface area (Å²) in [6.45, 7) is 12.9. The fourth-order valence-electron chi connectivity index (χ4n) is 2.90. The van der Waals surface area contributed by atoms with Gasteiger partial charge in [0, 0.05) is 38.8 Å². The van der Waals surface area contributed by atoms with Crippen LogP contribution in [0.25, 0.3) is 0 Å². The maximum absolute atomic E-state index is 11.8. The topological polar surface area (TPSA) is 66.0 Å². The third-order valence-electron chi connectivity index (χ3n) is 4.28. The number of hydrogen-bond donors (Lipinski definition) is 1. The number of carbonyl (C=O) groups is 1. The van der Waals surface area contributed by atoms with Crippen LogP contribution in [0.1, 0.15) is 53.4 Å². The second-order valence-electron chi connectivity index (χ2n) is 7.24. The van der Waals surface area contributed by atoms with Crippen molar-refractivity contribution in [2.45, 2.75) is 59.4 Å². The Balaban J connectivity index is 4.01. The first kappa shape index (κ1) is 26.3. The highest BCUT2D eigenvalue weighted by Crippen LogP contribution is 2.17. The van der Waals surface area contributed by atoms with Gasteiger partial charge in [-0.05, 0) is 33.6 Å². The summed E-state index contributed by atoms with van der Waals surface area (Å²) in [6.07, 6.45) is 3.69. The lowest BCUT2D eigenvalue weighted by molar-refractivity contribution is -0.890. The molecule has 1 amide bonds. The molecule has 7 nitrogen and oxygen atoms in total. The van der Waals surface area contributed by atoms with Crippen molar-refractivity contribution in [1.82, 2.24) is 5.32 Å². The van der Waals surface area contributed by atoms with Crippen LogP contribution in [0.15, 0.2) is 0 Å². The van der Waals surface area contributed by atoms with Crippen molar-refractivity contribution in [3.63, 3.8) is 0 Å². The molecule has 0 saturated heterocycles. The molecule has 27 heavy (non-hydrogen) atoms. The highest BCUT2D eigenvalue weighted by Gasteiger charge is 2.39. The second kappa shape index (κ2) is 15.3. The number of carbonyl (C=O) groups excluding carboxylic acids is 1. The molecule has 0 aliphatic carbocycles. The van der Waals surface area contributed by atoms with E-state index < -0.39 is 8.80 Å². The maximum Gasteiger partial charge on any atom is 0.500 e. The zero-order valence-corrected chi connectivity index (χ0v) is 19.5. The van der Waals surface area contributed by atoms with Gasteiger partial charge in [0.15, 0.2) is 0 Å². The van der Waals surface area contributed by atoms with E-state index in [2.05, 4.69) is 26.3 Å². The quantitative estimate of drug-likeness (QED) is 0.227. The minimum Gasteiger partial charge on any atom is -0.449 e. The fourth-order valence-corrected chi connectivity index (χ4v) is 5.52. The Labute approximate surface area is 167 Å². The molecule has 0 aliphatic rings. The van der Waals surface area contributed by atoms with Gasteiger partial charge < -0.3 is 27.8 Å². The highest BCUT2D eigenvalue weighted by molar-refractivity contribution is 6.60. The van der Waals surface area contributed by atoms with E-state index in [4.69, 9.17) is 18.0 Å². The molecule has 0 atom stereocenters. The molecule has 0 aromatic rings. The van der Waals surface area contributed by atoms with E-state index >= 15 is 0 Å². The number of rotatable bonds is 17. The van der Waals surface area contributed by atoms with E-state index in [0.717, 1.165) is 30.4 Å². The van der Waals surface area contributed by atoms with Crippen LogP contribution in [0.2, 0.25) is 6.04 Å². The van der Waals surface area contributed by atoms with Gasteiger partial charge in [-0.25, -0.2) is 4.79 Å². The van der Waals surface area contributed by atoms with Gasteiger partial charge in [0.2, 0.25) is 0 Å². The predicted octanol–water partition coefficient (Wildman–Crippen LogP) is 3.42. The van der Waals surface area contributed by atoms with Crippen LogP contribution in [0.3, 0.4) is 0 Å². The molecule has 0 unspecified atom stereocenters. The van der Waals surface area contributed by atoms with Crippen molar-refractivity contribution in [2.24, 2.45) is 0 Å². The molecule has 0 aromatic heterocycles. The van der Waals surface area contributed by atoms with Gasteiger partial charge in [-0.15, -0.1) is 0 Å². The predicted molar refractivity (Wildman–Crippen MR) is 111 cm³/mol. The number of hydrogen-bond acceptors (Lipinski definition) is 5. The Hall–Kier alpha value is -0.673. The molecule has 0 rings (SSSR count). The Kier molecular flexibility index (Phi) is 14.9. The van der Waals surface area contributed by atoms with Crippen molar-refractivity contribution in [3.8, 4) is 0 Å². The first-order valence-electron chi connectivity index (χ1n) is 10.5. The van der Waals surface area contributed by atoms with Gasteiger partial charge in [0.1, 0.15) is 0 Å². The van der Waals surface area contributed by atoms with Crippen LogP contribution >= 0.6 is 0 Å². The Morgan fingerprint density at radius 1 is 0.889 bits per heavy atom. The number of amides is 1. The molecule has 1 N–H and O–H groups in total. The average molecular weight is 408 g/mol. The third kappa shape index (κ3) is 13.2. The van der Waals surface area contributed by atoms with Crippen molar-refractivity contribution in [3.05, 3.63) is 0 Å². The maximum atomic E-state index is 11.8. The number of nitrogens with one attached hydrogen (secondary N) is 1. The van der Waals surface area contributed by atoms with E-state index in [1.807, 2.05) is 20.8 Å². The molecular formula is C19H43N2O5Si+. The molecule has 0 aromatic carbocycles. The highest BCUT2D eigenvalue weighted by atomic mass is 28.4. The molecule has 0 radical (unpaired) electrons. The lowest BCUT2D eigenvalue weighted by Gasteiger charge is -2.29. The van der Waals surface area contributed by atoms with Crippen LogP contribution in [0.5, 0.6) is 0 Å². The number of alkyl carbamates (subject to hydrolysis) is 1. The largest absolute Gasteiger partial charge is 0.500 e. The van der Waals surface area contributed by atoms with Gasteiger partial charge in [-0.2, -0.15) is 0 Å². The second-order valence-corrected chi connectivity index (χ2v) is 9.97. The molecule has 0 bridgehead atoms. The molecule has 0 saturated carbocycles. The number of ether oxygens (including phenoxy) is 1. The summed E-state index contributed by atoms with van der Waals surface area (Å²) in [4.78, 5) is 11.8. The van der Waals surface area contributed by atoms with E-state index in [1.54, 1.807) is 0 Å². The summed E-state index contributed by atoms with van der Waals surface area (Å²) in [5.41, 5.74) is 0. The Morgan fingerprint density at radius 3 is 1.96 bits per heavy atom. The van der Waals surface area contributed by atoms with E-state index in [0.29, 0.717) is 39.0 Å². The number of unbranched alkanes of at least 4 members (excludes halogenated alkanes) is 1. The lowest BCUT2D eigenvalue weighted by Crippen LogP contribution is -2.46. The molecule has 0 fully saturated rings. The zero-order valence-electron chi connectivity index (χ0n) is 18.5. The average Bonchev–Trinajstić information content (AvgIpc) is 2.61. The molecular weight excluding hydrogens is 364 g/mol. The first-order valence-corrected chi connectivity index (χ1v) is 12.4. The monoisotopic (exact) mass is 407 g/mol. The van der Waals surface area contributed by atoms with Crippen molar-refractivity contribution < 1.29 is 27.3 Å². The van der Waals surface area contributed by atoms with Gasteiger partial charge in [-0.1, -0.05) is 13.3 Å². The van der Waals surface area contributed by atoms with Crippen LogP contribution in [-0.2, 0) is 18.0 Å². The van der Waals surface area contributed by atoms with Gasteiger partial charge in [0.05, 0.1) is 33.8 Å². The summed E-state index contributed by atoms with van der Waals surface area (Å²) in [5, 5.41) is 2.80. The molecule has 0 spiro atoms.